The number of ether oxygens (including phenoxy) is 2. The first-order valence-electron chi connectivity index (χ1n) is 8.18. The molecule has 2 N–H and O–H groups in total. The molecule has 0 spiro atoms. The largest absolute Gasteiger partial charge is 0.497 e. The summed E-state index contributed by atoms with van der Waals surface area (Å²) >= 11 is 0. The summed E-state index contributed by atoms with van der Waals surface area (Å²) in [5.41, 5.74) is -0.195. The van der Waals surface area contributed by atoms with Gasteiger partial charge in [-0.1, -0.05) is 12.1 Å². The first-order valence-corrected chi connectivity index (χ1v) is 8.18. The zero-order chi connectivity index (χ0) is 20.5. The lowest BCUT2D eigenvalue weighted by molar-refractivity contribution is -0.126. The maximum atomic E-state index is 14.1. The SMILES string of the molecule is COc1ccc(CN2C(=O)OC(C(F)(F)CF)c3c(B(O)O)ccnc32)cc1. The van der Waals surface area contributed by atoms with Crippen LogP contribution in [0.4, 0.5) is 23.8 Å². The number of rotatable bonds is 6. The summed E-state index contributed by atoms with van der Waals surface area (Å²) in [4.78, 5) is 17.3. The van der Waals surface area contributed by atoms with Crippen molar-refractivity contribution < 1.29 is 37.5 Å². The Morgan fingerprint density at radius 3 is 2.54 bits per heavy atom. The van der Waals surface area contributed by atoms with E-state index < -0.39 is 37.5 Å². The van der Waals surface area contributed by atoms with E-state index >= 15 is 0 Å². The molecule has 3 rings (SSSR count). The van der Waals surface area contributed by atoms with Crippen LogP contribution in [0.3, 0.4) is 0 Å². The van der Waals surface area contributed by atoms with Crippen molar-refractivity contribution in [1.82, 2.24) is 4.98 Å². The summed E-state index contributed by atoms with van der Waals surface area (Å²) < 4.78 is 51.0. The number of hydrogen-bond donors (Lipinski definition) is 2. The maximum Gasteiger partial charge on any atom is 0.489 e. The number of amides is 1. The average molecular weight is 396 g/mol. The Morgan fingerprint density at radius 2 is 1.96 bits per heavy atom. The Bertz CT molecular complexity index is 866. The number of pyridine rings is 1. The lowest BCUT2D eigenvalue weighted by atomic mass is 9.75. The molecule has 1 aliphatic rings. The van der Waals surface area contributed by atoms with Crippen LogP contribution in [0.25, 0.3) is 0 Å². The second-order valence-electron chi connectivity index (χ2n) is 6.10. The third-order valence-corrected chi connectivity index (χ3v) is 4.30. The molecule has 28 heavy (non-hydrogen) atoms. The highest BCUT2D eigenvalue weighted by Gasteiger charge is 2.51. The smallest absolute Gasteiger partial charge is 0.489 e. The number of halogens is 3. The van der Waals surface area contributed by atoms with Gasteiger partial charge in [-0.15, -0.1) is 0 Å². The summed E-state index contributed by atoms with van der Waals surface area (Å²) in [5, 5.41) is 19.1. The normalized spacial score (nSPS) is 16.4. The number of cyclic esters (lactones) is 1. The first kappa shape index (κ1) is 20.0. The van der Waals surface area contributed by atoms with Gasteiger partial charge in [0.2, 0.25) is 0 Å². The molecule has 1 aromatic carbocycles. The number of anilines is 1. The monoisotopic (exact) mass is 396 g/mol. The van der Waals surface area contributed by atoms with Crippen LogP contribution in [-0.2, 0) is 11.3 Å². The second kappa shape index (κ2) is 7.68. The van der Waals surface area contributed by atoms with Gasteiger partial charge in [-0.25, -0.2) is 14.2 Å². The molecule has 1 aromatic heterocycles. The van der Waals surface area contributed by atoms with Crippen LogP contribution >= 0.6 is 0 Å². The molecular formula is C17H16BF3N2O5. The van der Waals surface area contributed by atoms with Crippen molar-refractivity contribution in [2.24, 2.45) is 0 Å². The third kappa shape index (κ3) is 3.63. The van der Waals surface area contributed by atoms with Gasteiger partial charge in [0.05, 0.1) is 13.7 Å². The van der Waals surface area contributed by atoms with Crippen LogP contribution in [0.15, 0.2) is 36.5 Å². The van der Waals surface area contributed by atoms with Crippen LogP contribution in [0.5, 0.6) is 5.75 Å². The quantitative estimate of drug-likeness (QED) is 0.721. The zero-order valence-corrected chi connectivity index (χ0v) is 14.7. The molecule has 11 heteroatoms. The van der Waals surface area contributed by atoms with Crippen LogP contribution in [-0.4, -0.2) is 48.0 Å². The predicted molar refractivity (Wildman–Crippen MR) is 93.4 cm³/mol. The van der Waals surface area contributed by atoms with E-state index in [1.165, 1.54) is 7.11 Å². The van der Waals surface area contributed by atoms with Gasteiger partial charge in [-0.05, 0) is 29.2 Å². The number of aromatic nitrogens is 1. The van der Waals surface area contributed by atoms with Crippen molar-refractivity contribution >= 4 is 24.5 Å². The third-order valence-electron chi connectivity index (χ3n) is 4.30. The van der Waals surface area contributed by atoms with Crippen molar-refractivity contribution in [3.63, 3.8) is 0 Å². The first-order chi connectivity index (χ1) is 13.3. The van der Waals surface area contributed by atoms with Crippen molar-refractivity contribution in [1.29, 1.82) is 0 Å². The second-order valence-corrected chi connectivity index (χ2v) is 6.10. The van der Waals surface area contributed by atoms with Gasteiger partial charge in [0.25, 0.3) is 0 Å². The minimum atomic E-state index is -4.07. The van der Waals surface area contributed by atoms with E-state index in [9.17, 15) is 28.0 Å². The van der Waals surface area contributed by atoms with E-state index in [-0.39, 0.29) is 17.8 Å². The summed E-state index contributed by atoms with van der Waals surface area (Å²) in [6.07, 6.45) is -2.35. The molecule has 2 heterocycles. The number of benzene rings is 1. The van der Waals surface area contributed by atoms with Gasteiger partial charge in [0.1, 0.15) is 11.6 Å². The van der Waals surface area contributed by atoms with Gasteiger partial charge in [-0.2, -0.15) is 8.78 Å². The summed E-state index contributed by atoms with van der Waals surface area (Å²) in [6.45, 7) is -2.19. The maximum absolute atomic E-state index is 14.1. The number of carbonyl (C=O) groups excluding carboxylic acids is 1. The van der Waals surface area contributed by atoms with Gasteiger partial charge < -0.3 is 19.5 Å². The van der Waals surface area contributed by atoms with Gasteiger partial charge in [-0.3, -0.25) is 4.90 Å². The topological polar surface area (TPSA) is 92.1 Å². The van der Waals surface area contributed by atoms with E-state index in [0.29, 0.717) is 11.3 Å². The number of carbonyl (C=O) groups is 1. The standard InChI is InChI=1S/C17H16BF3N2O5/c1-27-11-4-2-10(3-5-11)8-23-15-13(12(18(25)26)6-7-22-15)14(28-16(23)24)17(20,21)9-19/h2-7,14,25-26H,8-9H2,1H3. The molecule has 148 valence electrons. The van der Waals surface area contributed by atoms with Crippen molar-refractivity contribution in [3.8, 4) is 5.75 Å². The van der Waals surface area contributed by atoms with E-state index in [0.717, 1.165) is 17.2 Å². The van der Waals surface area contributed by atoms with Crippen molar-refractivity contribution in [3.05, 3.63) is 47.7 Å². The fraction of sp³-hybridized carbons (Fsp3) is 0.294. The molecule has 0 saturated heterocycles. The molecule has 0 bridgehead atoms. The fourth-order valence-corrected chi connectivity index (χ4v) is 2.92. The molecule has 1 aliphatic heterocycles. The van der Waals surface area contributed by atoms with E-state index in [1.54, 1.807) is 24.3 Å². The fourth-order valence-electron chi connectivity index (χ4n) is 2.92. The molecule has 0 saturated carbocycles. The molecule has 1 amide bonds. The predicted octanol–water partition coefficient (Wildman–Crippen LogP) is 1.57. The molecule has 1 unspecified atom stereocenters. The minimum absolute atomic E-state index is 0.0955. The highest BCUT2D eigenvalue weighted by Crippen LogP contribution is 2.42. The molecule has 0 radical (unpaired) electrons. The molecule has 1 atom stereocenters. The number of hydrogen-bond acceptors (Lipinski definition) is 6. The molecular weight excluding hydrogens is 380 g/mol. The average Bonchev–Trinajstić information content (AvgIpc) is 2.69. The molecule has 0 aliphatic carbocycles. The van der Waals surface area contributed by atoms with Gasteiger partial charge >= 0.3 is 19.1 Å². The Morgan fingerprint density at radius 1 is 1.29 bits per heavy atom. The Kier molecular flexibility index (Phi) is 5.48. The zero-order valence-electron chi connectivity index (χ0n) is 14.7. The molecule has 2 aromatic rings. The molecule has 7 nitrogen and oxygen atoms in total. The Hall–Kier alpha value is -2.79. The molecule has 0 fully saturated rings. The summed E-state index contributed by atoms with van der Waals surface area (Å²) in [6, 6.07) is 7.69. The van der Waals surface area contributed by atoms with Crippen molar-refractivity contribution in [2.45, 2.75) is 18.6 Å². The Balaban J connectivity index is 2.07. The highest BCUT2D eigenvalue weighted by atomic mass is 19.3. The van der Waals surface area contributed by atoms with E-state index in [2.05, 4.69) is 4.98 Å². The van der Waals surface area contributed by atoms with Crippen LogP contribution in [0.2, 0.25) is 0 Å². The van der Waals surface area contributed by atoms with Crippen molar-refractivity contribution in [2.75, 3.05) is 18.7 Å². The van der Waals surface area contributed by atoms with Crippen LogP contribution in [0.1, 0.15) is 17.2 Å². The lowest BCUT2D eigenvalue weighted by Gasteiger charge is -2.36. The lowest BCUT2D eigenvalue weighted by Crippen LogP contribution is -2.48. The number of fused-ring (bicyclic) bond motifs is 1. The Labute approximate surface area is 158 Å². The van der Waals surface area contributed by atoms with E-state index in [1.807, 2.05) is 0 Å². The van der Waals surface area contributed by atoms with Gasteiger partial charge in [0.15, 0.2) is 12.8 Å². The minimum Gasteiger partial charge on any atom is -0.497 e. The van der Waals surface area contributed by atoms with Gasteiger partial charge in [0, 0.05) is 11.8 Å². The number of methoxy groups -OCH3 is 1. The van der Waals surface area contributed by atoms with E-state index in [4.69, 9.17) is 9.47 Å². The number of alkyl halides is 3. The van der Waals surface area contributed by atoms with Crippen LogP contribution < -0.4 is 15.1 Å². The van der Waals surface area contributed by atoms with Crippen LogP contribution in [0, 0.1) is 0 Å². The summed E-state index contributed by atoms with van der Waals surface area (Å²) in [7, 11) is -0.654. The number of nitrogens with zero attached hydrogens (tertiary/aromatic N) is 2. The highest BCUT2D eigenvalue weighted by molar-refractivity contribution is 6.59. The summed E-state index contributed by atoms with van der Waals surface area (Å²) in [5.74, 6) is -3.74.